The van der Waals surface area contributed by atoms with Crippen molar-refractivity contribution in [3.8, 4) is 0 Å². The average Bonchev–Trinajstić information content (AvgIpc) is 2.18. The molecule has 1 spiro atoms. The molecule has 16 heavy (non-hydrogen) atoms. The van der Waals surface area contributed by atoms with E-state index in [0.29, 0.717) is 0 Å². The molecule has 1 saturated heterocycles. The lowest BCUT2D eigenvalue weighted by Gasteiger charge is -2.53. The van der Waals surface area contributed by atoms with Gasteiger partial charge in [-0.25, -0.2) is 0 Å². The summed E-state index contributed by atoms with van der Waals surface area (Å²) in [6.45, 7) is 11.1. The van der Waals surface area contributed by atoms with Gasteiger partial charge in [-0.05, 0) is 75.4 Å². The highest BCUT2D eigenvalue weighted by molar-refractivity contribution is 4.96. The first-order valence-electron chi connectivity index (χ1n) is 7.36. The van der Waals surface area contributed by atoms with Gasteiger partial charge in [-0.1, -0.05) is 20.8 Å². The van der Waals surface area contributed by atoms with E-state index >= 15 is 0 Å². The second-order valence-electron chi connectivity index (χ2n) is 6.75. The molecule has 2 rings (SSSR count). The lowest BCUT2D eigenvalue weighted by atomic mass is 9.56. The van der Waals surface area contributed by atoms with E-state index in [1.165, 1.54) is 45.3 Å². The van der Waals surface area contributed by atoms with Crippen molar-refractivity contribution in [1.29, 1.82) is 0 Å². The fourth-order valence-corrected chi connectivity index (χ4v) is 3.97. The minimum absolute atomic E-state index is 0.795. The first kappa shape index (κ1) is 12.4. The van der Waals surface area contributed by atoms with Gasteiger partial charge in [0.25, 0.3) is 0 Å². The van der Waals surface area contributed by atoms with Crippen LogP contribution in [-0.2, 0) is 0 Å². The zero-order valence-corrected chi connectivity index (χ0v) is 11.5. The highest BCUT2D eigenvalue weighted by atomic mass is 15.1. The number of likely N-dealkylation sites (tertiary alicyclic amines) is 1. The van der Waals surface area contributed by atoms with Crippen LogP contribution in [0.15, 0.2) is 0 Å². The molecule has 94 valence electrons. The second kappa shape index (κ2) is 5.08. The van der Waals surface area contributed by atoms with Crippen LogP contribution in [-0.4, -0.2) is 24.5 Å². The van der Waals surface area contributed by atoms with E-state index in [9.17, 15) is 0 Å². The maximum absolute atomic E-state index is 2.67. The normalized spacial score (nSPS) is 26.2. The van der Waals surface area contributed by atoms with E-state index < -0.39 is 0 Å². The summed E-state index contributed by atoms with van der Waals surface area (Å²) < 4.78 is 0. The van der Waals surface area contributed by atoms with Crippen LogP contribution < -0.4 is 0 Å². The molecule has 0 bridgehead atoms. The molecular formula is C15H29N. The van der Waals surface area contributed by atoms with Crippen LogP contribution in [0.25, 0.3) is 0 Å². The SMILES string of the molecule is CCCN1CCC2(CC1)CC(CC(C)C)C2. The van der Waals surface area contributed by atoms with E-state index in [2.05, 4.69) is 25.7 Å². The van der Waals surface area contributed by atoms with Gasteiger partial charge in [0, 0.05) is 0 Å². The van der Waals surface area contributed by atoms with Gasteiger partial charge in [-0.3, -0.25) is 0 Å². The predicted molar refractivity (Wildman–Crippen MR) is 70.6 cm³/mol. The fourth-order valence-electron chi connectivity index (χ4n) is 3.97. The molecule has 2 fully saturated rings. The van der Waals surface area contributed by atoms with Crippen molar-refractivity contribution in [3.63, 3.8) is 0 Å². The van der Waals surface area contributed by atoms with Gasteiger partial charge in [-0.2, -0.15) is 0 Å². The average molecular weight is 223 g/mol. The molecule has 0 aromatic heterocycles. The van der Waals surface area contributed by atoms with E-state index in [4.69, 9.17) is 0 Å². The van der Waals surface area contributed by atoms with Crippen LogP contribution in [0.5, 0.6) is 0 Å². The summed E-state index contributed by atoms with van der Waals surface area (Å²) in [7, 11) is 0. The Bertz CT molecular complexity index is 205. The number of nitrogens with zero attached hydrogens (tertiary/aromatic N) is 1. The zero-order valence-electron chi connectivity index (χ0n) is 11.5. The van der Waals surface area contributed by atoms with Crippen molar-refractivity contribution in [3.05, 3.63) is 0 Å². The number of piperidine rings is 1. The molecule has 1 heteroatoms. The molecule has 1 saturated carbocycles. The molecule has 1 aliphatic heterocycles. The van der Waals surface area contributed by atoms with Crippen LogP contribution in [0.4, 0.5) is 0 Å². The lowest BCUT2D eigenvalue weighted by molar-refractivity contribution is -0.0201. The second-order valence-corrected chi connectivity index (χ2v) is 6.75. The summed E-state index contributed by atoms with van der Waals surface area (Å²) in [6, 6.07) is 0. The third kappa shape index (κ3) is 2.80. The van der Waals surface area contributed by atoms with E-state index in [1.54, 1.807) is 12.8 Å². The van der Waals surface area contributed by atoms with Crippen molar-refractivity contribution in [1.82, 2.24) is 4.90 Å². The molecule has 1 heterocycles. The largest absolute Gasteiger partial charge is 0.303 e. The summed E-state index contributed by atoms with van der Waals surface area (Å²) in [5.74, 6) is 1.97. The quantitative estimate of drug-likeness (QED) is 0.698. The summed E-state index contributed by atoms with van der Waals surface area (Å²) in [4.78, 5) is 2.67. The summed E-state index contributed by atoms with van der Waals surface area (Å²) in [6.07, 6.45) is 8.86. The summed E-state index contributed by atoms with van der Waals surface area (Å²) in [5, 5.41) is 0. The number of hydrogen-bond donors (Lipinski definition) is 0. The van der Waals surface area contributed by atoms with Crippen molar-refractivity contribution in [2.24, 2.45) is 17.3 Å². The summed E-state index contributed by atoms with van der Waals surface area (Å²) >= 11 is 0. The monoisotopic (exact) mass is 223 g/mol. The van der Waals surface area contributed by atoms with Gasteiger partial charge >= 0.3 is 0 Å². The van der Waals surface area contributed by atoms with Gasteiger partial charge in [0.05, 0.1) is 0 Å². The van der Waals surface area contributed by atoms with Gasteiger partial charge < -0.3 is 4.90 Å². The minimum atomic E-state index is 0.795. The lowest BCUT2D eigenvalue weighted by Crippen LogP contribution is -2.47. The van der Waals surface area contributed by atoms with Crippen LogP contribution >= 0.6 is 0 Å². The first-order valence-corrected chi connectivity index (χ1v) is 7.36. The highest BCUT2D eigenvalue weighted by Crippen LogP contribution is 2.54. The minimum Gasteiger partial charge on any atom is -0.303 e. The fraction of sp³-hybridized carbons (Fsp3) is 1.00. The molecule has 0 amide bonds. The number of hydrogen-bond acceptors (Lipinski definition) is 1. The van der Waals surface area contributed by atoms with Crippen molar-refractivity contribution in [2.45, 2.75) is 59.3 Å². The Kier molecular flexibility index (Phi) is 3.94. The third-order valence-corrected chi connectivity index (χ3v) is 4.70. The van der Waals surface area contributed by atoms with Crippen molar-refractivity contribution >= 4 is 0 Å². The van der Waals surface area contributed by atoms with Gasteiger partial charge in [0.2, 0.25) is 0 Å². The maximum atomic E-state index is 2.67. The molecule has 1 aliphatic carbocycles. The van der Waals surface area contributed by atoms with Crippen LogP contribution in [0.3, 0.4) is 0 Å². The Morgan fingerprint density at radius 2 is 1.81 bits per heavy atom. The van der Waals surface area contributed by atoms with Crippen LogP contribution in [0, 0.1) is 17.3 Å². The molecule has 0 unspecified atom stereocenters. The maximum Gasteiger partial charge on any atom is -0.00134 e. The van der Waals surface area contributed by atoms with Crippen LogP contribution in [0.1, 0.15) is 59.3 Å². The van der Waals surface area contributed by atoms with Gasteiger partial charge in [0.1, 0.15) is 0 Å². The first-order chi connectivity index (χ1) is 7.63. The molecule has 2 aliphatic rings. The Balaban J connectivity index is 1.70. The van der Waals surface area contributed by atoms with Gasteiger partial charge in [-0.15, -0.1) is 0 Å². The van der Waals surface area contributed by atoms with Crippen molar-refractivity contribution < 1.29 is 0 Å². The van der Waals surface area contributed by atoms with E-state index in [0.717, 1.165) is 17.3 Å². The smallest absolute Gasteiger partial charge is 0.00134 e. The van der Waals surface area contributed by atoms with Gasteiger partial charge in [0.15, 0.2) is 0 Å². The molecule has 0 aromatic carbocycles. The Morgan fingerprint density at radius 3 is 2.31 bits per heavy atom. The predicted octanol–water partition coefficient (Wildman–Crippen LogP) is 3.93. The Morgan fingerprint density at radius 1 is 1.19 bits per heavy atom. The zero-order chi connectivity index (χ0) is 11.6. The topological polar surface area (TPSA) is 3.24 Å². The molecule has 0 aromatic rings. The Hall–Kier alpha value is -0.0400. The number of rotatable bonds is 4. The standard InChI is InChI=1S/C15H29N/c1-4-7-16-8-5-15(6-9-16)11-14(12-15)10-13(2)3/h13-14H,4-12H2,1-3H3. The van der Waals surface area contributed by atoms with Crippen molar-refractivity contribution in [2.75, 3.05) is 19.6 Å². The van der Waals surface area contributed by atoms with Crippen LogP contribution in [0.2, 0.25) is 0 Å². The molecule has 0 N–H and O–H groups in total. The molecule has 1 nitrogen and oxygen atoms in total. The van der Waals surface area contributed by atoms with E-state index in [-0.39, 0.29) is 0 Å². The highest BCUT2D eigenvalue weighted by Gasteiger charge is 2.45. The Labute approximate surface area is 102 Å². The van der Waals surface area contributed by atoms with E-state index in [1.807, 2.05) is 0 Å². The third-order valence-electron chi connectivity index (χ3n) is 4.70. The molecular weight excluding hydrogens is 194 g/mol. The molecule has 0 radical (unpaired) electrons. The molecule has 0 atom stereocenters. The summed E-state index contributed by atoms with van der Waals surface area (Å²) in [5.41, 5.74) is 0.795.